The summed E-state index contributed by atoms with van der Waals surface area (Å²) in [6.45, 7) is 6.40. The number of carboxylic acid groups (broad SMARTS) is 4. The molecule has 0 aliphatic carbocycles. The minimum Gasteiger partial charge on any atom is -0.545 e. The molecule has 0 aliphatic heterocycles. The van der Waals surface area contributed by atoms with Crippen molar-refractivity contribution in [2.75, 3.05) is 27.4 Å². The average molecular weight is 831 g/mol. The maximum absolute atomic E-state index is 12.2. The van der Waals surface area contributed by atoms with Gasteiger partial charge in [-0.3, -0.25) is 9.59 Å². The Hall–Kier alpha value is -4.98. The van der Waals surface area contributed by atoms with E-state index < -0.39 is 53.5 Å². The average Bonchev–Trinajstić information content (AvgIpc) is 3.12. The maximum atomic E-state index is 12.2. The Morgan fingerprint density at radius 2 is 0.931 bits per heavy atom. The molecule has 2 rings (SSSR count). The van der Waals surface area contributed by atoms with Crippen LogP contribution in [0.1, 0.15) is 38.8 Å². The van der Waals surface area contributed by atoms with E-state index in [0.29, 0.717) is 29.2 Å². The number of amides is 2. The predicted molar refractivity (Wildman–Crippen MR) is 192 cm³/mol. The van der Waals surface area contributed by atoms with Crippen LogP contribution in [0.4, 0.5) is 0 Å². The van der Waals surface area contributed by atoms with Crippen LogP contribution in [0.25, 0.3) is 0 Å². The predicted octanol–water partition coefficient (Wildman–Crippen LogP) is -6.34. The fraction of sp³-hybridized carbons (Fsp3) is 0.316. The van der Waals surface area contributed by atoms with E-state index in [4.69, 9.17) is 30.4 Å². The first-order valence-corrected chi connectivity index (χ1v) is 16.3. The molecule has 0 saturated carbocycles. The molecule has 2 aromatic carbocycles. The summed E-state index contributed by atoms with van der Waals surface area (Å²) in [5.41, 5.74) is 11.6. The summed E-state index contributed by atoms with van der Waals surface area (Å²) in [6.07, 6.45) is 0.946. The summed E-state index contributed by atoms with van der Waals surface area (Å²) in [6, 6.07) is 13.1. The second-order valence-corrected chi connectivity index (χ2v) is 11.8. The third-order valence-electron chi connectivity index (χ3n) is 6.86. The molecule has 20 heteroatoms. The standard InChI is InChI=1S/C18H23NO6.C16H19NO6.C4H4O4.2Na/c1-11(2)16(18(22)24-4)14(17(21)23-3)9-12-5-7-13(8-6-12)25-10-15(19)20;1-9(2)14(16(21)22)12(15(19)20)7-10-3-5-11(6-4-10)23-8-13(17)18;5-3(6)1-2-4(7)8;;/h5-8,11H,9-10H2,1-4H3,(H2,19,20);3-6,9H,7-8H2,1-2H3,(H2,17,18)(H,19,20)(H,21,22);1-2H,(H,5,6)(H,7,8);;/q;;;2*+1/p-2/b16-14-;14-12-;2-1-;;. The Kier molecular flexibility index (Phi) is 29.8. The van der Waals surface area contributed by atoms with Gasteiger partial charge in [-0.1, -0.05) is 52.0 Å². The maximum Gasteiger partial charge on any atom is 1.00 e. The molecular weight excluding hydrogens is 786 g/mol. The minimum absolute atomic E-state index is 0. The number of rotatable bonds is 18. The van der Waals surface area contributed by atoms with E-state index in [0.717, 1.165) is 5.56 Å². The smallest absolute Gasteiger partial charge is 0.545 e. The molecule has 58 heavy (non-hydrogen) atoms. The molecular formula is C38H44N2Na2O16. The number of carbonyl (C=O) groups excluding carboxylic acids is 6. The Balaban J connectivity index is -0.000000855. The van der Waals surface area contributed by atoms with Crippen LogP contribution in [0.3, 0.4) is 0 Å². The van der Waals surface area contributed by atoms with Crippen LogP contribution in [0, 0.1) is 11.8 Å². The number of primary amides is 2. The second-order valence-electron chi connectivity index (χ2n) is 11.8. The van der Waals surface area contributed by atoms with Crippen molar-refractivity contribution in [3.05, 3.63) is 94.1 Å². The van der Waals surface area contributed by atoms with Gasteiger partial charge in [-0.2, -0.15) is 0 Å². The molecule has 0 heterocycles. The number of carbonyl (C=O) groups is 8. The SMILES string of the molecule is CC(C)/C(C(=O)O)=C(\Cc1ccc(OCC(N)=O)cc1)C(=O)O.COC(=O)/C(Cc1ccc(OCC(N)=O)cc1)=C(\C(=O)OC)C(C)C.O=C([O-])/C=C\C(=O)[O-].[Na+].[Na+]. The van der Waals surface area contributed by atoms with E-state index in [1.807, 2.05) is 0 Å². The Labute approximate surface area is 378 Å². The number of methoxy groups -OCH3 is 2. The van der Waals surface area contributed by atoms with Crippen molar-refractivity contribution in [3.8, 4) is 11.5 Å². The molecule has 304 valence electrons. The molecule has 2 amide bonds. The molecule has 0 atom stereocenters. The zero-order valence-electron chi connectivity index (χ0n) is 33.5. The molecule has 2 aromatic rings. The number of hydrogen-bond donors (Lipinski definition) is 4. The zero-order chi connectivity index (χ0) is 43.1. The summed E-state index contributed by atoms with van der Waals surface area (Å²) < 4.78 is 19.9. The number of esters is 2. The molecule has 0 spiro atoms. The number of nitrogens with two attached hydrogens (primary N) is 2. The summed E-state index contributed by atoms with van der Waals surface area (Å²) in [7, 11) is 2.53. The molecule has 0 aromatic heterocycles. The number of aliphatic carboxylic acids is 4. The van der Waals surface area contributed by atoms with Gasteiger partial charge in [0.2, 0.25) is 0 Å². The molecule has 0 saturated heterocycles. The van der Waals surface area contributed by atoms with Crippen molar-refractivity contribution in [3.63, 3.8) is 0 Å². The summed E-state index contributed by atoms with van der Waals surface area (Å²) in [5, 5.41) is 37.4. The van der Waals surface area contributed by atoms with Crippen LogP contribution < -0.4 is 90.3 Å². The monoisotopic (exact) mass is 830 g/mol. The fourth-order valence-electron chi connectivity index (χ4n) is 4.49. The van der Waals surface area contributed by atoms with Crippen molar-refractivity contribution < 1.29 is 137 Å². The van der Waals surface area contributed by atoms with Gasteiger partial charge in [-0.25, -0.2) is 19.2 Å². The van der Waals surface area contributed by atoms with E-state index in [-0.39, 0.29) is 113 Å². The van der Waals surface area contributed by atoms with Crippen molar-refractivity contribution >= 4 is 47.6 Å². The Bertz CT molecular complexity index is 1800. The number of carboxylic acids is 4. The quantitative estimate of drug-likeness (QED) is 0.0617. The molecule has 0 aliphatic rings. The van der Waals surface area contributed by atoms with Crippen LogP contribution in [-0.2, 0) is 60.7 Å². The second kappa shape index (κ2) is 30.1. The molecule has 0 bridgehead atoms. The van der Waals surface area contributed by atoms with Gasteiger partial charge < -0.3 is 60.4 Å². The topological polar surface area (TPSA) is 312 Å². The van der Waals surface area contributed by atoms with Gasteiger partial charge in [0.1, 0.15) is 11.5 Å². The molecule has 0 radical (unpaired) electrons. The minimum atomic E-state index is -1.55. The van der Waals surface area contributed by atoms with E-state index in [2.05, 4.69) is 0 Å². The van der Waals surface area contributed by atoms with Crippen molar-refractivity contribution in [1.82, 2.24) is 0 Å². The first-order valence-electron chi connectivity index (χ1n) is 16.3. The summed E-state index contributed by atoms with van der Waals surface area (Å²) in [5.74, 6) is -7.64. The third-order valence-corrected chi connectivity index (χ3v) is 6.86. The van der Waals surface area contributed by atoms with E-state index in [9.17, 15) is 58.8 Å². The van der Waals surface area contributed by atoms with E-state index >= 15 is 0 Å². The van der Waals surface area contributed by atoms with E-state index in [1.54, 1.807) is 76.2 Å². The van der Waals surface area contributed by atoms with Crippen LogP contribution >= 0.6 is 0 Å². The van der Waals surface area contributed by atoms with Gasteiger partial charge in [-0.15, -0.1) is 0 Å². The van der Waals surface area contributed by atoms with Gasteiger partial charge in [0.25, 0.3) is 11.8 Å². The Morgan fingerprint density at radius 1 is 0.586 bits per heavy atom. The first kappa shape index (κ1) is 57.3. The zero-order valence-corrected chi connectivity index (χ0v) is 37.5. The van der Waals surface area contributed by atoms with Gasteiger partial charge >= 0.3 is 83.0 Å². The largest absolute Gasteiger partial charge is 1.00 e. The van der Waals surface area contributed by atoms with Gasteiger partial charge in [0.05, 0.1) is 48.5 Å². The van der Waals surface area contributed by atoms with Gasteiger partial charge in [0, 0.05) is 12.8 Å². The van der Waals surface area contributed by atoms with Crippen LogP contribution in [0.15, 0.2) is 83.0 Å². The van der Waals surface area contributed by atoms with E-state index in [1.165, 1.54) is 14.2 Å². The van der Waals surface area contributed by atoms with Crippen LogP contribution in [-0.4, -0.2) is 85.3 Å². The van der Waals surface area contributed by atoms with Crippen molar-refractivity contribution in [1.29, 1.82) is 0 Å². The first-order chi connectivity index (χ1) is 26.1. The molecule has 0 unspecified atom stereocenters. The molecule has 0 fully saturated rings. The molecule has 18 nitrogen and oxygen atoms in total. The number of hydrogen-bond acceptors (Lipinski definition) is 14. The van der Waals surface area contributed by atoms with Crippen molar-refractivity contribution in [2.45, 2.75) is 40.5 Å². The molecule has 6 N–H and O–H groups in total. The Morgan fingerprint density at radius 3 is 1.19 bits per heavy atom. The normalized spacial score (nSPS) is 11.0. The fourth-order valence-corrected chi connectivity index (χ4v) is 4.49. The summed E-state index contributed by atoms with van der Waals surface area (Å²) >= 11 is 0. The van der Waals surface area contributed by atoms with Crippen molar-refractivity contribution in [2.24, 2.45) is 23.3 Å². The summed E-state index contributed by atoms with van der Waals surface area (Å²) in [4.78, 5) is 87.1. The van der Waals surface area contributed by atoms with Gasteiger partial charge in [0.15, 0.2) is 13.2 Å². The van der Waals surface area contributed by atoms with Crippen LogP contribution in [0.2, 0.25) is 0 Å². The van der Waals surface area contributed by atoms with Gasteiger partial charge in [-0.05, 0) is 59.4 Å². The number of ether oxygens (including phenoxy) is 4. The number of benzene rings is 2. The van der Waals surface area contributed by atoms with Crippen LogP contribution in [0.5, 0.6) is 11.5 Å². The third kappa shape index (κ3) is 23.3.